The first-order valence-corrected chi connectivity index (χ1v) is 11.2. The van der Waals surface area contributed by atoms with Crippen molar-refractivity contribution in [2.24, 2.45) is 0 Å². The minimum atomic E-state index is -3.43. The SMILES string of the molecule is COc1ccc(S(=O)(=O)C2CCN(C(=O)c3ccc4nsnc4c3)CC2)cc1. The van der Waals surface area contributed by atoms with Gasteiger partial charge in [0.25, 0.3) is 5.91 Å². The fourth-order valence-corrected chi connectivity index (χ4v) is 5.67. The zero-order valence-electron chi connectivity index (χ0n) is 15.2. The van der Waals surface area contributed by atoms with Gasteiger partial charge in [-0.3, -0.25) is 4.79 Å². The van der Waals surface area contributed by atoms with E-state index in [4.69, 9.17) is 4.74 Å². The van der Waals surface area contributed by atoms with E-state index in [1.807, 2.05) is 0 Å². The van der Waals surface area contributed by atoms with E-state index in [9.17, 15) is 13.2 Å². The molecule has 7 nitrogen and oxygen atoms in total. The molecular weight excluding hydrogens is 398 g/mol. The average molecular weight is 418 g/mol. The molecule has 0 bridgehead atoms. The Kier molecular flexibility index (Phi) is 5.03. The summed E-state index contributed by atoms with van der Waals surface area (Å²) in [5.41, 5.74) is 2.02. The van der Waals surface area contributed by atoms with Gasteiger partial charge in [-0.15, -0.1) is 0 Å². The summed E-state index contributed by atoms with van der Waals surface area (Å²) in [5.74, 6) is 0.516. The number of sulfone groups is 1. The van der Waals surface area contributed by atoms with Crippen LogP contribution in [0.3, 0.4) is 0 Å². The lowest BCUT2D eigenvalue weighted by molar-refractivity contribution is 0.0726. The third kappa shape index (κ3) is 3.47. The van der Waals surface area contributed by atoms with E-state index in [0.29, 0.717) is 47.7 Å². The number of aromatic nitrogens is 2. The Bertz CT molecular complexity index is 1100. The molecule has 0 spiro atoms. The molecule has 1 aliphatic rings. The zero-order chi connectivity index (χ0) is 19.7. The molecule has 1 fully saturated rings. The van der Waals surface area contributed by atoms with Crippen molar-refractivity contribution in [3.05, 3.63) is 48.0 Å². The predicted molar refractivity (Wildman–Crippen MR) is 107 cm³/mol. The van der Waals surface area contributed by atoms with Crippen molar-refractivity contribution >= 4 is 38.5 Å². The van der Waals surface area contributed by atoms with Gasteiger partial charge in [0.2, 0.25) is 0 Å². The molecule has 1 saturated heterocycles. The van der Waals surface area contributed by atoms with Crippen LogP contribution in [-0.2, 0) is 9.84 Å². The third-order valence-electron chi connectivity index (χ3n) is 5.06. The number of carbonyl (C=O) groups is 1. The molecule has 0 radical (unpaired) electrons. The van der Waals surface area contributed by atoms with Crippen LogP contribution in [0.5, 0.6) is 5.75 Å². The van der Waals surface area contributed by atoms with Crippen LogP contribution in [0.1, 0.15) is 23.2 Å². The molecule has 2 heterocycles. The minimum Gasteiger partial charge on any atom is -0.497 e. The number of methoxy groups -OCH3 is 1. The number of piperidine rings is 1. The highest BCUT2D eigenvalue weighted by atomic mass is 32.2. The van der Waals surface area contributed by atoms with Crippen LogP contribution in [0.4, 0.5) is 0 Å². The second-order valence-corrected chi connectivity index (χ2v) is 9.44. The summed E-state index contributed by atoms with van der Waals surface area (Å²) in [6.45, 7) is 0.818. The van der Waals surface area contributed by atoms with E-state index in [0.717, 1.165) is 17.2 Å². The van der Waals surface area contributed by atoms with Crippen LogP contribution in [0.15, 0.2) is 47.4 Å². The number of fused-ring (bicyclic) bond motifs is 1. The summed E-state index contributed by atoms with van der Waals surface area (Å²) in [5, 5.41) is -0.491. The summed E-state index contributed by atoms with van der Waals surface area (Å²) in [4.78, 5) is 14.8. The number of benzene rings is 2. The van der Waals surface area contributed by atoms with Gasteiger partial charge in [-0.2, -0.15) is 8.75 Å². The first kappa shape index (κ1) is 18.8. The van der Waals surface area contributed by atoms with E-state index in [-0.39, 0.29) is 5.91 Å². The number of hydrogen-bond donors (Lipinski definition) is 0. The highest BCUT2D eigenvalue weighted by molar-refractivity contribution is 7.92. The molecule has 0 saturated carbocycles. The Labute approximate surface area is 167 Å². The average Bonchev–Trinajstić information content (AvgIpc) is 3.21. The van der Waals surface area contributed by atoms with Gasteiger partial charge >= 0.3 is 0 Å². The standard InChI is InChI=1S/C19H19N3O4S2/c1-26-14-3-5-15(6-4-14)28(24,25)16-8-10-22(11-9-16)19(23)13-2-7-17-18(12-13)21-27-20-17/h2-7,12,16H,8-11H2,1H3. The summed E-state index contributed by atoms with van der Waals surface area (Å²) in [6.07, 6.45) is 0.835. The molecule has 4 rings (SSSR count). The van der Waals surface area contributed by atoms with E-state index in [1.165, 1.54) is 0 Å². The maximum atomic E-state index is 12.9. The Morgan fingerprint density at radius 2 is 1.75 bits per heavy atom. The van der Waals surface area contributed by atoms with Gasteiger partial charge in [0, 0.05) is 18.7 Å². The number of rotatable bonds is 4. The Hall–Kier alpha value is -2.52. The molecule has 1 aromatic heterocycles. The van der Waals surface area contributed by atoms with Crippen LogP contribution >= 0.6 is 11.7 Å². The molecule has 146 valence electrons. The molecule has 3 aromatic rings. The van der Waals surface area contributed by atoms with Crippen LogP contribution in [0.25, 0.3) is 11.0 Å². The molecule has 9 heteroatoms. The molecule has 0 unspecified atom stereocenters. The molecular formula is C19H19N3O4S2. The predicted octanol–water partition coefficient (Wildman–Crippen LogP) is 2.78. The van der Waals surface area contributed by atoms with Gasteiger partial charge in [-0.05, 0) is 55.3 Å². The van der Waals surface area contributed by atoms with E-state index in [1.54, 1.807) is 54.5 Å². The van der Waals surface area contributed by atoms with Crippen molar-refractivity contribution in [3.63, 3.8) is 0 Å². The van der Waals surface area contributed by atoms with Gasteiger partial charge < -0.3 is 9.64 Å². The van der Waals surface area contributed by atoms with Crippen molar-refractivity contribution in [1.82, 2.24) is 13.6 Å². The number of nitrogens with zero attached hydrogens (tertiary/aromatic N) is 3. The smallest absolute Gasteiger partial charge is 0.253 e. The Morgan fingerprint density at radius 3 is 2.43 bits per heavy atom. The molecule has 2 aromatic carbocycles. The Balaban J connectivity index is 1.45. The van der Waals surface area contributed by atoms with Crippen molar-refractivity contribution in [2.45, 2.75) is 23.0 Å². The van der Waals surface area contributed by atoms with Crippen molar-refractivity contribution < 1.29 is 17.9 Å². The number of amides is 1. The van der Waals surface area contributed by atoms with Crippen LogP contribution < -0.4 is 4.74 Å². The fourth-order valence-electron chi connectivity index (χ4n) is 3.42. The molecule has 0 N–H and O–H groups in total. The van der Waals surface area contributed by atoms with E-state index < -0.39 is 15.1 Å². The summed E-state index contributed by atoms with van der Waals surface area (Å²) in [6, 6.07) is 11.7. The molecule has 0 aliphatic carbocycles. The molecule has 1 amide bonds. The lowest BCUT2D eigenvalue weighted by Crippen LogP contribution is -2.42. The Morgan fingerprint density at radius 1 is 1.07 bits per heavy atom. The van der Waals surface area contributed by atoms with Crippen LogP contribution in [0.2, 0.25) is 0 Å². The maximum absolute atomic E-state index is 12.9. The lowest BCUT2D eigenvalue weighted by Gasteiger charge is -2.31. The third-order valence-corrected chi connectivity index (χ3v) is 7.89. The number of likely N-dealkylation sites (tertiary alicyclic amines) is 1. The maximum Gasteiger partial charge on any atom is 0.253 e. The highest BCUT2D eigenvalue weighted by Gasteiger charge is 2.33. The van der Waals surface area contributed by atoms with Gasteiger partial charge in [-0.25, -0.2) is 8.42 Å². The van der Waals surface area contributed by atoms with Crippen molar-refractivity contribution in [3.8, 4) is 5.75 Å². The number of carbonyl (C=O) groups excluding carboxylic acids is 1. The summed E-state index contributed by atoms with van der Waals surface area (Å²) >= 11 is 1.11. The van der Waals surface area contributed by atoms with Crippen molar-refractivity contribution in [1.29, 1.82) is 0 Å². The van der Waals surface area contributed by atoms with Crippen LogP contribution in [0, 0.1) is 0 Å². The molecule has 0 atom stereocenters. The van der Waals surface area contributed by atoms with Gasteiger partial charge in [-0.1, -0.05) is 0 Å². The second-order valence-electron chi connectivity index (χ2n) is 6.68. The minimum absolute atomic E-state index is 0.102. The monoisotopic (exact) mass is 417 g/mol. The summed E-state index contributed by atoms with van der Waals surface area (Å²) < 4.78 is 39.2. The van der Waals surface area contributed by atoms with Gasteiger partial charge in [0.1, 0.15) is 16.8 Å². The van der Waals surface area contributed by atoms with Crippen LogP contribution in [-0.4, -0.2) is 53.4 Å². The fraction of sp³-hybridized carbons (Fsp3) is 0.316. The zero-order valence-corrected chi connectivity index (χ0v) is 16.9. The van der Waals surface area contributed by atoms with Gasteiger partial charge in [0.15, 0.2) is 9.84 Å². The highest BCUT2D eigenvalue weighted by Crippen LogP contribution is 2.27. The van der Waals surface area contributed by atoms with E-state index >= 15 is 0 Å². The largest absolute Gasteiger partial charge is 0.497 e. The van der Waals surface area contributed by atoms with Gasteiger partial charge in [0.05, 0.1) is 29.0 Å². The summed E-state index contributed by atoms with van der Waals surface area (Å²) in [7, 11) is -1.89. The first-order chi connectivity index (χ1) is 13.5. The van der Waals surface area contributed by atoms with Crippen molar-refractivity contribution in [2.75, 3.05) is 20.2 Å². The quantitative estimate of drug-likeness (QED) is 0.648. The number of hydrogen-bond acceptors (Lipinski definition) is 7. The topological polar surface area (TPSA) is 89.5 Å². The van der Waals surface area contributed by atoms with E-state index in [2.05, 4.69) is 8.75 Å². The lowest BCUT2D eigenvalue weighted by atomic mass is 10.1. The molecule has 1 aliphatic heterocycles. The number of ether oxygens (including phenoxy) is 1. The normalized spacial score (nSPS) is 15.7. The molecule has 28 heavy (non-hydrogen) atoms. The first-order valence-electron chi connectivity index (χ1n) is 8.88. The second kappa shape index (κ2) is 7.48.